The van der Waals surface area contributed by atoms with Crippen LogP contribution >= 0.6 is 0 Å². The average molecular weight is 415 g/mol. The van der Waals surface area contributed by atoms with Crippen molar-refractivity contribution in [2.45, 2.75) is 91.6 Å². The van der Waals surface area contributed by atoms with Crippen molar-refractivity contribution in [3.05, 3.63) is 23.8 Å². The summed E-state index contributed by atoms with van der Waals surface area (Å²) in [6.45, 7) is 9.19. The van der Waals surface area contributed by atoms with Crippen molar-refractivity contribution >= 4 is 5.97 Å². The Morgan fingerprint density at radius 2 is 1.87 bits per heavy atom. The lowest BCUT2D eigenvalue weighted by Crippen LogP contribution is -2.53. The fraction of sp³-hybridized carbons (Fsp3) is 0.815. The number of aliphatic hydroxyl groups is 1. The highest BCUT2D eigenvalue weighted by atomic mass is 16.4. The minimum Gasteiger partial charge on any atom is -0.481 e. The van der Waals surface area contributed by atoms with Crippen molar-refractivity contribution < 1.29 is 15.0 Å². The minimum atomic E-state index is -0.702. The van der Waals surface area contributed by atoms with E-state index in [1.807, 2.05) is 6.08 Å². The van der Waals surface area contributed by atoms with Gasteiger partial charge in [0.15, 0.2) is 0 Å². The lowest BCUT2D eigenvalue weighted by atomic mass is 9.45. The quantitative estimate of drug-likeness (QED) is 0.524. The molecule has 0 unspecified atom stereocenters. The highest BCUT2D eigenvalue weighted by Crippen LogP contribution is 2.66. The van der Waals surface area contributed by atoms with Gasteiger partial charge in [0.2, 0.25) is 0 Å². The Labute approximate surface area is 183 Å². The Hall–Kier alpha value is -1.09. The standard InChI is InChI=1S/C27H42O3/c1-17(2)6-5-7-20(25(29)30)18-12-14-26(3)19(16-18)8-9-21-22-10-11-24(28)27(22,4)15-13-23(21)26/h5,7,12,17,19-24,28H,6,8-11,13-16H2,1-4H3,(H,29,30)/b7-5-/t19-,20+,21-,22+,23-,24-,26-,27-/m0/s1. The summed E-state index contributed by atoms with van der Waals surface area (Å²) < 4.78 is 0. The second kappa shape index (κ2) is 8.11. The van der Waals surface area contributed by atoms with Crippen molar-refractivity contribution in [3.8, 4) is 0 Å². The molecule has 0 aliphatic heterocycles. The number of carbonyl (C=O) groups is 1. The fourth-order valence-electron chi connectivity index (χ4n) is 7.98. The molecule has 30 heavy (non-hydrogen) atoms. The van der Waals surface area contributed by atoms with E-state index in [0.29, 0.717) is 23.2 Å². The predicted molar refractivity (Wildman–Crippen MR) is 121 cm³/mol. The van der Waals surface area contributed by atoms with Crippen LogP contribution < -0.4 is 0 Å². The Bertz CT molecular complexity index is 722. The molecular formula is C27H42O3. The zero-order valence-electron chi connectivity index (χ0n) is 19.4. The first kappa shape index (κ1) is 22.1. The third kappa shape index (κ3) is 3.59. The number of fused-ring (bicyclic) bond motifs is 5. The van der Waals surface area contributed by atoms with Gasteiger partial charge in [-0.1, -0.05) is 51.5 Å². The summed E-state index contributed by atoms with van der Waals surface area (Å²) in [7, 11) is 0. The second-order valence-electron chi connectivity index (χ2n) is 11.9. The molecule has 2 N–H and O–H groups in total. The van der Waals surface area contributed by atoms with E-state index in [9.17, 15) is 15.0 Å². The summed E-state index contributed by atoms with van der Waals surface area (Å²) >= 11 is 0. The third-order valence-electron chi connectivity index (χ3n) is 9.90. The van der Waals surface area contributed by atoms with Crippen LogP contribution in [0, 0.1) is 46.3 Å². The van der Waals surface area contributed by atoms with Crippen LogP contribution in [0.15, 0.2) is 23.8 Å². The van der Waals surface area contributed by atoms with Crippen LogP contribution in [0.2, 0.25) is 0 Å². The van der Waals surface area contributed by atoms with Gasteiger partial charge in [0.25, 0.3) is 0 Å². The highest BCUT2D eigenvalue weighted by Gasteiger charge is 2.59. The number of rotatable bonds is 5. The van der Waals surface area contributed by atoms with Gasteiger partial charge in [-0.3, -0.25) is 4.79 Å². The molecule has 3 nitrogen and oxygen atoms in total. The molecule has 0 heterocycles. The second-order valence-corrected chi connectivity index (χ2v) is 11.9. The summed E-state index contributed by atoms with van der Waals surface area (Å²) in [5.41, 5.74) is 1.57. The van der Waals surface area contributed by atoms with Gasteiger partial charge in [-0.25, -0.2) is 0 Å². The van der Waals surface area contributed by atoms with E-state index in [-0.39, 0.29) is 11.5 Å². The molecular weight excluding hydrogens is 372 g/mol. The Balaban J connectivity index is 1.54. The minimum absolute atomic E-state index is 0.110. The monoisotopic (exact) mass is 414 g/mol. The number of hydrogen-bond donors (Lipinski definition) is 2. The maximum atomic E-state index is 12.0. The molecule has 0 bridgehead atoms. The zero-order chi connectivity index (χ0) is 21.7. The van der Waals surface area contributed by atoms with E-state index >= 15 is 0 Å². The lowest BCUT2D eigenvalue weighted by molar-refractivity contribution is -0.139. The molecule has 3 heteroatoms. The average Bonchev–Trinajstić information content (AvgIpc) is 2.99. The van der Waals surface area contributed by atoms with Crippen molar-refractivity contribution in [2.75, 3.05) is 0 Å². The Morgan fingerprint density at radius 3 is 2.57 bits per heavy atom. The first-order valence-corrected chi connectivity index (χ1v) is 12.4. The summed E-state index contributed by atoms with van der Waals surface area (Å²) in [6, 6.07) is 0. The van der Waals surface area contributed by atoms with Gasteiger partial charge in [0.05, 0.1) is 12.0 Å². The largest absolute Gasteiger partial charge is 0.481 e. The van der Waals surface area contributed by atoms with Crippen LogP contribution in [-0.2, 0) is 4.79 Å². The number of aliphatic carboxylic acids is 1. The van der Waals surface area contributed by atoms with Crippen molar-refractivity contribution in [2.24, 2.45) is 46.3 Å². The molecule has 0 aromatic heterocycles. The number of carboxylic acid groups (broad SMARTS) is 1. The SMILES string of the molecule is CC(C)C/C=C\[C@@H](C(=O)O)C1=CC[C@@]2(C)[C@@H](CC[C@H]3[C@H]4CC[C@H](O)[C@@]4(C)CC[C@@H]32)C1. The normalized spacial score (nSPS) is 44.3. The zero-order valence-corrected chi connectivity index (χ0v) is 19.4. The van der Waals surface area contributed by atoms with Gasteiger partial charge in [0, 0.05) is 0 Å². The summed E-state index contributed by atoms with van der Waals surface area (Å²) in [6.07, 6.45) is 16.2. The molecule has 3 fully saturated rings. The number of allylic oxidation sites excluding steroid dienone is 2. The van der Waals surface area contributed by atoms with Crippen molar-refractivity contribution in [3.63, 3.8) is 0 Å². The topological polar surface area (TPSA) is 57.5 Å². The number of hydrogen-bond acceptors (Lipinski definition) is 2. The molecule has 0 spiro atoms. The molecule has 4 aliphatic rings. The van der Waals surface area contributed by atoms with Gasteiger partial charge in [-0.15, -0.1) is 0 Å². The fourth-order valence-corrected chi connectivity index (χ4v) is 7.98. The maximum Gasteiger partial charge on any atom is 0.314 e. The molecule has 0 saturated heterocycles. The van der Waals surface area contributed by atoms with Crippen LogP contribution in [-0.4, -0.2) is 22.3 Å². The van der Waals surface area contributed by atoms with Crippen LogP contribution in [0.5, 0.6) is 0 Å². The molecule has 4 aliphatic carbocycles. The third-order valence-corrected chi connectivity index (χ3v) is 9.90. The number of aliphatic hydroxyl groups excluding tert-OH is 1. The molecule has 0 aromatic carbocycles. The van der Waals surface area contributed by atoms with E-state index in [0.717, 1.165) is 49.5 Å². The maximum absolute atomic E-state index is 12.0. The molecule has 0 aromatic rings. The molecule has 168 valence electrons. The molecule has 0 radical (unpaired) electrons. The molecule has 0 amide bonds. The van der Waals surface area contributed by atoms with Gasteiger partial charge < -0.3 is 10.2 Å². The lowest BCUT2D eigenvalue weighted by Gasteiger charge is -2.60. The van der Waals surface area contributed by atoms with Crippen molar-refractivity contribution in [1.82, 2.24) is 0 Å². The summed E-state index contributed by atoms with van der Waals surface area (Å²) in [4.78, 5) is 12.0. The Kier molecular flexibility index (Phi) is 5.98. The van der Waals surface area contributed by atoms with E-state index in [2.05, 4.69) is 39.8 Å². The van der Waals surface area contributed by atoms with Crippen LogP contribution in [0.1, 0.15) is 85.5 Å². The van der Waals surface area contributed by atoms with Crippen LogP contribution in [0.4, 0.5) is 0 Å². The van der Waals surface area contributed by atoms with Crippen molar-refractivity contribution in [1.29, 1.82) is 0 Å². The van der Waals surface area contributed by atoms with E-state index in [1.165, 1.54) is 25.7 Å². The summed E-state index contributed by atoms with van der Waals surface area (Å²) in [5.74, 6) is 2.17. The van der Waals surface area contributed by atoms with Gasteiger partial charge >= 0.3 is 5.97 Å². The molecule has 8 atom stereocenters. The Morgan fingerprint density at radius 1 is 1.13 bits per heavy atom. The first-order chi connectivity index (χ1) is 14.2. The first-order valence-electron chi connectivity index (χ1n) is 12.4. The predicted octanol–water partition coefficient (Wildman–Crippen LogP) is 6.23. The van der Waals surface area contributed by atoms with Gasteiger partial charge in [-0.05, 0) is 98.2 Å². The smallest absolute Gasteiger partial charge is 0.314 e. The number of carboxylic acids is 1. The van der Waals surface area contributed by atoms with E-state index in [4.69, 9.17) is 0 Å². The van der Waals surface area contributed by atoms with Gasteiger partial charge in [0.1, 0.15) is 0 Å². The van der Waals surface area contributed by atoms with E-state index < -0.39 is 11.9 Å². The van der Waals surface area contributed by atoms with Crippen LogP contribution in [0.3, 0.4) is 0 Å². The van der Waals surface area contributed by atoms with Gasteiger partial charge in [-0.2, -0.15) is 0 Å². The molecule has 4 rings (SSSR count). The summed E-state index contributed by atoms with van der Waals surface area (Å²) in [5, 5.41) is 20.5. The molecule has 3 saturated carbocycles. The van der Waals surface area contributed by atoms with Crippen LogP contribution in [0.25, 0.3) is 0 Å². The van der Waals surface area contributed by atoms with E-state index in [1.54, 1.807) is 0 Å². The highest BCUT2D eigenvalue weighted by molar-refractivity contribution is 5.76.